The number of sulfone groups is 1. The molecule has 2 aromatic heterocycles. The Morgan fingerprint density at radius 2 is 2.25 bits per heavy atom. The van der Waals surface area contributed by atoms with Crippen molar-refractivity contribution >= 4 is 27.2 Å². The normalized spacial score (nSPS) is 19.1. The van der Waals surface area contributed by atoms with Gasteiger partial charge in [-0.3, -0.25) is 4.79 Å². The minimum atomic E-state index is -2.94. The van der Waals surface area contributed by atoms with Crippen LogP contribution in [0.1, 0.15) is 23.9 Å². The summed E-state index contributed by atoms with van der Waals surface area (Å²) < 4.78 is 28.4. The van der Waals surface area contributed by atoms with Crippen molar-refractivity contribution in [2.45, 2.75) is 19.4 Å². The van der Waals surface area contributed by atoms with Gasteiger partial charge in [0.05, 0.1) is 29.7 Å². The lowest BCUT2D eigenvalue weighted by Crippen LogP contribution is -2.36. The lowest BCUT2D eigenvalue weighted by molar-refractivity contribution is 0.0996. The standard InChI is InChI=1S/C16H19N3O4S/c1-2-19(13-7-9-24(21,22)11-13)15-6-5-12(10-17-15)18-16(20)14-4-3-8-23-14/h3-6,8,10,13H,2,7,9,11H2,1H3,(H,18,20). The molecule has 1 amide bonds. The van der Waals surface area contributed by atoms with E-state index in [0.717, 1.165) is 0 Å². The molecule has 0 aromatic carbocycles. The zero-order valence-corrected chi connectivity index (χ0v) is 14.1. The van der Waals surface area contributed by atoms with E-state index in [1.54, 1.807) is 30.5 Å². The summed E-state index contributed by atoms with van der Waals surface area (Å²) in [6.07, 6.45) is 3.61. The minimum Gasteiger partial charge on any atom is -0.459 e. The highest BCUT2D eigenvalue weighted by Gasteiger charge is 2.32. The molecule has 0 spiro atoms. The quantitative estimate of drug-likeness (QED) is 0.887. The highest BCUT2D eigenvalue weighted by molar-refractivity contribution is 7.91. The zero-order valence-electron chi connectivity index (χ0n) is 13.3. The van der Waals surface area contributed by atoms with Crippen molar-refractivity contribution in [3.63, 3.8) is 0 Å². The molecule has 1 saturated heterocycles. The summed E-state index contributed by atoms with van der Waals surface area (Å²) >= 11 is 0. The van der Waals surface area contributed by atoms with E-state index in [1.165, 1.54) is 6.26 Å². The van der Waals surface area contributed by atoms with Crippen LogP contribution in [-0.2, 0) is 9.84 Å². The predicted octanol–water partition coefficient (Wildman–Crippen LogP) is 1.94. The molecule has 7 nitrogen and oxygen atoms in total. The van der Waals surface area contributed by atoms with Gasteiger partial charge in [-0.15, -0.1) is 0 Å². The fourth-order valence-corrected chi connectivity index (χ4v) is 4.59. The number of pyridine rings is 1. The largest absolute Gasteiger partial charge is 0.459 e. The van der Waals surface area contributed by atoms with Crippen LogP contribution in [0.3, 0.4) is 0 Å². The molecule has 128 valence electrons. The maximum atomic E-state index is 11.9. The van der Waals surface area contributed by atoms with Crippen molar-refractivity contribution in [3.05, 3.63) is 42.5 Å². The van der Waals surface area contributed by atoms with Gasteiger partial charge < -0.3 is 14.6 Å². The van der Waals surface area contributed by atoms with Crippen molar-refractivity contribution < 1.29 is 17.6 Å². The number of aromatic nitrogens is 1. The van der Waals surface area contributed by atoms with E-state index in [9.17, 15) is 13.2 Å². The number of carbonyl (C=O) groups is 1. The molecule has 3 heterocycles. The third-order valence-electron chi connectivity index (χ3n) is 4.03. The fourth-order valence-electron chi connectivity index (χ4n) is 2.86. The van der Waals surface area contributed by atoms with Gasteiger partial charge in [-0.1, -0.05) is 0 Å². The SMILES string of the molecule is CCN(c1ccc(NC(=O)c2ccco2)cn1)C1CCS(=O)(=O)C1. The number of rotatable bonds is 5. The van der Waals surface area contributed by atoms with Gasteiger partial charge in [0.1, 0.15) is 5.82 Å². The molecule has 0 bridgehead atoms. The Morgan fingerprint density at radius 3 is 2.79 bits per heavy atom. The van der Waals surface area contributed by atoms with Gasteiger partial charge in [0.25, 0.3) is 5.91 Å². The first-order chi connectivity index (χ1) is 11.5. The van der Waals surface area contributed by atoms with Crippen LogP contribution >= 0.6 is 0 Å². The number of carbonyl (C=O) groups excluding carboxylic acids is 1. The summed E-state index contributed by atoms with van der Waals surface area (Å²) in [6, 6.07) is 6.71. The second-order valence-corrected chi connectivity index (χ2v) is 7.91. The number of nitrogens with zero attached hydrogens (tertiary/aromatic N) is 2. The summed E-state index contributed by atoms with van der Waals surface area (Å²) in [5.74, 6) is 0.982. The molecule has 0 radical (unpaired) electrons. The van der Waals surface area contributed by atoms with Crippen LogP contribution in [-0.4, -0.2) is 43.4 Å². The van der Waals surface area contributed by atoms with Crippen molar-refractivity contribution in [3.8, 4) is 0 Å². The highest BCUT2D eigenvalue weighted by atomic mass is 32.2. The highest BCUT2D eigenvalue weighted by Crippen LogP contribution is 2.23. The van der Waals surface area contributed by atoms with E-state index in [1.807, 2.05) is 11.8 Å². The number of hydrogen-bond donors (Lipinski definition) is 1. The zero-order chi connectivity index (χ0) is 17.2. The first-order valence-corrected chi connectivity index (χ1v) is 9.58. The van der Waals surface area contributed by atoms with Crippen LogP contribution in [0.5, 0.6) is 0 Å². The molecule has 0 saturated carbocycles. The van der Waals surface area contributed by atoms with Gasteiger partial charge in [-0.25, -0.2) is 13.4 Å². The average molecular weight is 349 g/mol. The molecule has 1 aliphatic heterocycles. The van der Waals surface area contributed by atoms with Gasteiger partial charge in [0, 0.05) is 12.6 Å². The molecule has 2 aromatic rings. The Bertz CT molecular complexity index is 800. The Hall–Kier alpha value is -2.35. The number of furan rings is 1. The first-order valence-electron chi connectivity index (χ1n) is 7.76. The average Bonchev–Trinajstić information content (AvgIpc) is 3.19. The van der Waals surface area contributed by atoms with Crippen molar-refractivity contribution in [2.75, 3.05) is 28.3 Å². The van der Waals surface area contributed by atoms with Gasteiger partial charge >= 0.3 is 0 Å². The predicted molar refractivity (Wildman–Crippen MR) is 91.0 cm³/mol. The fraction of sp³-hybridized carbons (Fsp3) is 0.375. The topological polar surface area (TPSA) is 92.5 Å². The van der Waals surface area contributed by atoms with Crippen LogP contribution in [0.25, 0.3) is 0 Å². The minimum absolute atomic E-state index is 0.0453. The molecular weight excluding hydrogens is 330 g/mol. The second-order valence-electron chi connectivity index (χ2n) is 5.68. The van der Waals surface area contributed by atoms with Gasteiger partial charge in [-0.05, 0) is 37.6 Å². The number of anilines is 2. The van der Waals surface area contributed by atoms with E-state index in [4.69, 9.17) is 4.42 Å². The van der Waals surface area contributed by atoms with E-state index in [-0.39, 0.29) is 29.2 Å². The third-order valence-corrected chi connectivity index (χ3v) is 5.79. The Morgan fingerprint density at radius 1 is 1.42 bits per heavy atom. The van der Waals surface area contributed by atoms with Crippen molar-refractivity contribution in [2.24, 2.45) is 0 Å². The van der Waals surface area contributed by atoms with Gasteiger partial charge in [0.2, 0.25) is 0 Å². The summed E-state index contributed by atoms with van der Waals surface area (Å²) in [7, 11) is -2.94. The van der Waals surface area contributed by atoms with Crippen LogP contribution < -0.4 is 10.2 Å². The maximum absolute atomic E-state index is 11.9. The first kappa shape index (κ1) is 16.5. The van der Waals surface area contributed by atoms with Crippen LogP contribution in [0, 0.1) is 0 Å². The van der Waals surface area contributed by atoms with Crippen LogP contribution in [0.4, 0.5) is 11.5 Å². The van der Waals surface area contributed by atoms with E-state index < -0.39 is 9.84 Å². The lowest BCUT2D eigenvalue weighted by atomic mass is 10.2. The molecule has 24 heavy (non-hydrogen) atoms. The summed E-state index contributed by atoms with van der Waals surface area (Å²) in [5, 5.41) is 2.70. The summed E-state index contributed by atoms with van der Waals surface area (Å²) in [4.78, 5) is 18.3. The Kier molecular flexibility index (Phi) is 4.57. The molecule has 3 rings (SSSR count). The molecule has 1 fully saturated rings. The molecule has 1 aliphatic rings. The lowest BCUT2D eigenvalue weighted by Gasteiger charge is -2.28. The maximum Gasteiger partial charge on any atom is 0.291 e. The van der Waals surface area contributed by atoms with E-state index >= 15 is 0 Å². The van der Waals surface area contributed by atoms with Crippen LogP contribution in [0.15, 0.2) is 41.1 Å². The molecule has 1 atom stereocenters. The van der Waals surface area contributed by atoms with Crippen molar-refractivity contribution in [1.29, 1.82) is 0 Å². The van der Waals surface area contributed by atoms with E-state index in [2.05, 4.69) is 10.3 Å². The third kappa shape index (κ3) is 3.59. The van der Waals surface area contributed by atoms with Crippen LogP contribution in [0.2, 0.25) is 0 Å². The number of amides is 1. The summed E-state index contributed by atoms with van der Waals surface area (Å²) in [6.45, 7) is 2.64. The smallest absolute Gasteiger partial charge is 0.291 e. The van der Waals surface area contributed by atoms with Gasteiger partial charge in [0.15, 0.2) is 15.6 Å². The van der Waals surface area contributed by atoms with Crippen molar-refractivity contribution in [1.82, 2.24) is 4.98 Å². The molecule has 0 aliphatic carbocycles. The number of hydrogen-bond acceptors (Lipinski definition) is 6. The Balaban J connectivity index is 1.70. The molecule has 8 heteroatoms. The van der Waals surface area contributed by atoms with Gasteiger partial charge in [-0.2, -0.15) is 0 Å². The van der Waals surface area contributed by atoms with E-state index in [0.29, 0.717) is 24.5 Å². The monoisotopic (exact) mass is 349 g/mol. The number of nitrogens with one attached hydrogen (secondary N) is 1. The molecular formula is C16H19N3O4S. The summed E-state index contributed by atoms with van der Waals surface area (Å²) in [5.41, 5.74) is 0.551. The molecule has 1 unspecified atom stereocenters. The molecule has 1 N–H and O–H groups in total. The Labute approximate surface area is 140 Å². The second kappa shape index (κ2) is 6.64.